The molecule has 0 atom stereocenters. The van der Waals surface area contributed by atoms with Gasteiger partial charge < -0.3 is 9.30 Å². The maximum absolute atomic E-state index is 12.2. The summed E-state index contributed by atoms with van der Waals surface area (Å²) < 4.78 is 7.03. The normalized spacial score (nSPS) is 10.7. The van der Waals surface area contributed by atoms with E-state index in [4.69, 9.17) is 16.3 Å². The van der Waals surface area contributed by atoms with E-state index in [1.807, 2.05) is 11.6 Å². The number of imidazole rings is 1. The number of hydrogen-bond acceptors (Lipinski definition) is 5. The Hall–Kier alpha value is -2.93. The molecule has 0 bridgehead atoms. The molecular formula is C15H10ClN3O4. The summed E-state index contributed by atoms with van der Waals surface area (Å²) in [4.78, 5) is 26.7. The molecule has 8 heteroatoms. The maximum Gasteiger partial charge on any atom is 0.350 e. The van der Waals surface area contributed by atoms with E-state index in [2.05, 4.69) is 4.98 Å². The van der Waals surface area contributed by atoms with Gasteiger partial charge in [-0.1, -0.05) is 11.6 Å². The monoisotopic (exact) mass is 331 g/mol. The van der Waals surface area contributed by atoms with Crippen molar-refractivity contribution < 1.29 is 14.5 Å². The first-order chi connectivity index (χ1) is 11.0. The van der Waals surface area contributed by atoms with Crippen molar-refractivity contribution in [3.05, 3.63) is 63.4 Å². The Balaban J connectivity index is 1.94. The number of aryl methyl sites for hydroxylation is 1. The van der Waals surface area contributed by atoms with E-state index in [1.165, 1.54) is 18.2 Å². The fraction of sp³-hybridized carbons (Fsp3) is 0.0667. The lowest BCUT2D eigenvalue weighted by molar-refractivity contribution is -0.385. The highest BCUT2D eigenvalue weighted by Gasteiger charge is 2.22. The van der Waals surface area contributed by atoms with Crippen LogP contribution in [0.5, 0.6) is 5.75 Å². The number of halogens is 1. The van der Waals surface area contributed by atoms with Crippen LogP contribution < -0.4 is 4.74 Å². The van der Waals surface area contributed by atoms with Crippen LogP contribution >= 0.6 is 11.6 Å². The van der Waals surface area contributed by atoms with E-state index in [9.17, 15) is 14.9 Å². The van der Waals surface area contributed by atoms with E-state index in [-0.39, 0.29) is 22.0 Å². The van der Waals surface area contributed by atoms with Gasteiger partial charge in [-0.25, -0.2) is 9.78 Å². The van der Waals surface area contributed by atoms with Crippen molar-refractivity contribution in [1.82, 2.24) is 9.55 Å². The lowest BCUT2D eigenvalue weighted by atomic mass is 10.2. The quantitative estimate of drug-likeness (QED) is 0.318. The van der Waals surface area contributed by atoms with Crippen LogP contribution in [-0.4, -0.2) is 20.4 Å². The van der Waals surface area contributed by atoms with Gasteiger partial charge in [-0.15, -0.1) is 0 Å². The number of hydrogen-bond donors (Lipinski definition) is 0. The number of fused-ring (bicyclic) bond motifs is 1. The van der Waals surface area contributed by atoms with Gasteiger partial charge in [0.15, 0.2) is 0 Å². The molecule has 0 fully saturated rings. The Morgan fingerprint density at radius 1 is 1.30 bits per heavy atom. The Morgan fingerprint density at radius 2 is 2.09 bits per heavy atom. The molecule has 3 aromatic rings. The molecule has 0 N–H and O–H groups in total. The van der Waals surface area contributed by atoms with Gasteiger partial charge in [-0.2, -0.15) is 0 Å². The number of esters is 1. The summed E-state index contributed by atoms with van der Waals surface area (Å²) in [5.74, 6) is -0.607. The predicted octanol–water partition coefficient (Wildman–Crippen LogP) is 3.35. The fourth-order valence-corrected chi connectivity index (χ4v) is 2.34. The average Bonchev–Trinajstić information content (AvgIpc) is 2.87. The minimum Gasteiger partial charge on any atom is -0.423 e. The van der Waals surface area contributed by atoms with Crippen molar-refractivity contribution in [3.8, 4) is 5.75 Å². The summed E-state index contributed by atoms with van der Waals surface area (Å²) in [5.41, 5.74) is 0.957. The average molecular weight is 332 g/mol. The lowest BCUT2D eigenvalue weighted by Crippen LogP contribution is -2.11. The summed E-state index contributed by atoms with van der Waals surface area (Å²) in [7, 11) is 1.84. The highest BCUT2D eigenvalue weighted by atomic mass is 35.5. The number of carbonyl (C=O) groups excluding carboxylic acids is 1. The maximum atomic E-state index is 12.2. The van der Waals surface area contributed by atoms with Crippen LogP contribution in [0.15, 0.2) is 42.7 Å². The Labute approximate surface area is 135 Å². The van der Waals surface area contributed by atoms with Crippen LogP contribution in [0.2, 0.25) is 5.02 Å². The molecule has 1 heterocycles. The molecule has 0 amide bonds. The molecule has 1 aromatic heterocycles. The van der Waals surface area contributed by atoms with E-state index in [0.717, 1.165) is 5.52 Å². The van der Waals surface area contributed by atoms with Crippen LogP contribution in [0.25, 0.3) is 11.0 Å². The first-order valence-electron chi connectivity index (χ1n) is 6.53. The van der Waals surface area contributed by atoms with Crippen molar-refractivity contribution in [3.63, 3.8) is 0 Å². The predicted molar refractivity (Wildman–Crippen MR) is 83.8 cm³/mol. The van der Waals surface area contributed by atoms with Gasteiger partial charge in [0.05, 0.1) is 22.3 Å². The number of carbonyl (C=O) groups is 1. The molecule has 0 aliphatic carbocycles. The van der Waals surface area contributed by atoms with Crippen molar-refractivity contribution in [2.45, 2.75) is 0 Å². The molecule has 0 saturated heterocycles. The van der Waals surface area contributed by atoms with Gasteiger partial charge in [-0.05, 0) is 24.3 Å². The van der Waals surface area contributed by atoms with Crippen LogP contribution in [0.4, 0.5) is 5.69 Å². The van der Waals surface area contributed by atoms with Crippen molar-refractivity contribution >= 4 is 34.3 Å². The van der Waals surface area contributed by atoms with Crippen molar-refractivity contribution in [2.75, 3.05) is 0 Å². The summed E-state index contributed by atoms with van der Waals surface area (Å²) in [6.07, 6.45) is 1.64. The molecule has 0 spiro atoms. The van der Waals surface area contributed by atoms with Crippen LogP contribution in [0.3, 0.4) is 0 Å². The zero-order valence-electron chi connectivity index (χ0n) is 11.9. The first-order valence-corrected chi connectivity index (χ1v) is 6.90. The molecule has 7 nitrogen and oxygen atoms in total. The lowest BCUT2D eigenvalue weighted by Gasteiger charge is -2.05. The standard InChI is InChI=1S/C15H10ClN3O4/c1-18-8-17-12-7-10(3-5-14(12)18)23-15(20)11-6-9(16)2-4-13(11)19(21)22/h2-8H,1H3. The molecule has 116 valence electrons. The topological polar surface area (TPSA) is 87.3 Å². The van der Waals surface area contributed by atoms with E-state index in [1.54, 1.807) is 24.5 Å². The number of ether oxygens (including phenoxy) is 1. The number of nitro benzene ring substituents is 1. The van der Waals surface area contributed by atoms with E-state index in [0.29, 0.717) is 5.52 Å². The molecule has 0 radical (unpaired) electrons. The molecule has 0 aliphatic rings. The van der Waals surface area contributed by atoms with Gasteiger partial charge in [0.2, 0.25) is 0 Å². The van der Waals surface area contributed by atoms with Crippen LogP contribution in [-0.2, 0) is 7.05 Å². The number of rotatable bonds is 3. The first kappa shape index (κ1) is 15.0. The molecule has 0 unspecified atom stereocenters. The van der Waals surface area contributed by atoms with Gasteiger partial charge in [0, 0.05) is 24.2 Å². The Kier molecular flexibility index (Phi) is 3.71. The number of nitrogens with zero attached hydrogens (tertiary/aromatic N) is 3. The van der Waals surface area contributed by atoms with Gasteiger partial charge in [-0.3, -0.25) is 10.1 Å². The summed E-state index contributed by atoms with van der Waals surface area (Å²) in [6, 6.07) is 8.65. The number of nitro groups is 1. The van der Waals surface area contributed by atoms with E-state index >= 15 is 0 Å². The van der Waals surface area contributed by atoms with Gasteiger partial charge >= 0.3 is 5.97 Å². The third kappa shape index (κ3) is 2.86. The summed E-state index contributed by atoms with van der Waals surface area (Å²) in [6.45, 7) is 0. The highest BCUT2D eigenvalue weighted by Crippen LogP contribution is 2.25. The molecule has 23 heavy (non-hydrogen) atoms. The molecule has 0 saturated carbocycles. The molecule has 3 rings (SSSR count). The van der Waals surface area contributed by atoms with Crippen LogP contribution in [0.1, 0.15) is 10.4 Å². The second-order valence-electron chi connectivity index (χ2n) is 4.81. The minimum atomic E-state index is -0.852. The Bertz CT molecular complexity index is 936. The summed E-state index contributed by atoms with van der Waals surface area (Å²) in [5, 5.41) is 11.2. The second-order valence-corrected chi connectivity index (χ2v) is 5.25. The Morgan fingerprint density at radius 3 is 2.83 bits per heavy atom. The fourth-order valence-electron chi connectivity index (χ4n) is 2.17. The largest absolute Gasteiger partial charge is 0.423 e. The van der Waals surface area contributed by atoms with Crippen molar-refractivity contribution in [2.24, 2.45) is 7.05 Å². The molecular weight excluding hydrogens is 322 g/mol. The van der Waals surface area contributed by atoms with E-state index < -0.39 is 10.9 Å². The molecule has 0 aliphatic heterocycles. The second kappa shape index (κ2) is 5.69. The van der Waals surface area contributed by atoms with Gasteiger partial charge in [0.25, 0.3) is 5.69 Å². The zero-order valence-corrected chi connectivity index (χ0v) is 12.6. The third-order valence-electron chi connectivity index (χ3n) is 3.28. The highest BCUT2D eigenvalue weighted by molar-refractivity contribution is 6.31. The SMILES string of the molecule is Cn1cnc2cc(OC(=O)c3cc(Cl)ccc3[N+](=O)[O-])ccc21. The summed E-state index contributed by atoms with van der Waals surface area (Å²) >= 11 is 5.81. The zero-order chi connectivity index (χ0) is 16.6. The van der Waals surface area contributed by atoms with Gasteiger partial charge in [0.1, 0.15) is 11.3 Å². The molecule has 2 aromatic carbocycles. The van der Waals surface area contributed by atoms with Crippen molar-refractivity contribution in [1.29, 1.82) is 0 Å². The van der Waals surface area contributed by atoms with Crippen LogP contribution in [0, 0.1) is 10.1 Å². The number of benzene rings is 2. The minimum absolute atomic E-state index is 0.205. The number of aromatic nitrogens is 2. The smallest absolute Gasteiger partial charge is 0.350 e. The third-order valence-corrected chi connectivity index (χ3v) is 3.52.